The van der Waals surface area contributed by atoms with Crippen LogP contribution in [-0.2, 0) is 24.1 Å². The molecule has 0 radical (unpaired) electrons. The average molecular weight is 218 g/mol. The Morgan fingerprint density at radius 2 is 2.12 bits per heavy atom. The predicted octanol–water partition coefficient (Wildman–Crippen LogP) is 0.793. The van der Waals surface area contributed by atoms with Gasteiger partial charge in [-0.1, -0.05) is 18.2 Å². The topological polar surface area (TPSA) is 55.1 Å². The SMILES string of the molecule is NCC(=O)NCCc1ccc2c(c1)CCC2. The Balaban J connectivity index is 1.88. The van der Waals surface area contributed by atoms with Crippen molar-refractivity contribution in [1.82, 2.24) is 5.32 Å². The molecule has 3 nitrogen and oxygen atoms in total. The number of carbonyl (C=O) groups is 1. The van der Waals surface area contributed by atoms with Crippen LogP contribution in [0.2, 0.25) is 0 Å². The van der Waals surface area contributed by atoms with Gasteiger partial charge in [0, 0.05) is 6.54 Å². The van der Waals surface area contributed by atoms with Crippen molar-refractivity contribution >= 4 is 5.91 Å². The summed E-state index contributed by atoms with van der Waals surface area (Å²) < 4.78 is 0. The number of rotatable bonds is 4. The summed E-state index contributed by atoms with van der Waals surface area (Å²) in [7, 11) is 0. The zero-order valence-electron chi connectivity index (χ0n) is 9.46. The molecular weight excluding hydrogens is 200 g/mol. The number of hydrogen-bond donors (Lipinski definition) is 2. The van der Waals surface area contributed by atoms with Crippen molar-refractivity contribution in [2.24, 2.45) is 5.73 Å². The maximum Gasteiger partial charge on any atom is 0.233 e. The van der Waals surface area contributed by atoms with Crippen LogP contribution in [0.25, 0.3) is 0 Å². The van der Waals surface area contributed by atoms with E-state index in [1.54, 1.807) is 0 Å². The van der Waals surface area contributed by atoms with Crippen LogP contribution in [0.3, 0.4) is 0 Å². The molecule has 0 saturated heterocycles. The molecule has 0 spiro atoms. The smallest absolute Gasteiger partial charge is 0.233 e. The molecule has 86 valence electrons. The van der Waals surface area contributed by atoms with Crippen molar-refractivity contribution in [1.29, 1.82) is 0 Å². The molecule has 3 heteroatoms. The second-order valence-corrected chi connectivity index (χ2v) is 4.26. The van der Waals surface area contributed by atoms with Gasteiger partial charge in [0.2, 0.25) is 5.91 Å². The van der Waals surface area contributed by atoms with Crippen molar-refractivity contribution < 1.29 is 4.79 Å². The molecule has 1 aromatic rings. The molecule has 1 aliphatic rings. The first-order valence-electron chi connectivity index (χ1n) is 5.87. The molecule has 0 atom stereocenters. The lowest BCUT2D eigenvalue weighted by Crippen LogP contribution is -2.31. The van der Waals surface area contributed by atoms with E-state index in [4.69, 9.17) is 5.73 Å². The van der Waals surface area contributed by atoms with E-state index in [0.717, 1.165) is 6.42 Å². The van der Waals surface area contributed by atoms with Crippen molar-refractivity contribution in [3.05, 3.63) is 34.9 Å². The standard InChI is InChI=1S/C13H18N2O/c14-9-13(16)15-7-6-10-4-5-11-2-1-3-12(11)8-10/h4-5,8H,1-3,6-7,9,14H2,(H,15,16). The summed E-state index contributed by atoms with van der Waals surface area (Å²) in [6.07, 6.45) is 4.60. The lowest BCUT2D eigenvalue weighted by Gasteiger charge is -2.06. The number of nitrogens with one attached hydrogen (secondary N) is 1. The highest BCUT2D eigenvalue weighted by Crippen LogP contribution is 2.22. The van der Waals surface area contributed by atoms with Crippen molar-refractivity contribution in [2.45, 2.75) is 25.7 Å². The molecule has 2 rings (SSSR count). The van der Waals surface area contributed by atoms with Gasteiger partial charge in [-0.25, -0.2) is 0 Å². The zero-order valence-corrected chi connectivity index (χ0v) is 9.46. The Morgan fingerprint density at radius 3 is 2.94 bits per heavy atom. The summed E-state index contributed by atoms with van der Waals surface area (Å²) in [5, 5.41) is 2.78. The van der Waals surface area contributed by atoms with Gasteiger partial charge >= 0.3 is 0 Å². The van der Waals surface area contributed by atoms with Crippen LogP contribution in [0, 0.1) is 0 Å². The Kier molecular flexibility index (Phi) is 3.57. The van der Waals surface area contributed by atoms with E-state index < -0.39 is 0 Å². The van der Waals surface area contributed by atoms with Crippen molar-refractivity contribution in [2.75, 3.05) is 13.1 Å². The van der Waals surface area contributed by atoms with E-state index in [2.05, 4.69) is 23.5 Å². The highest BCUT2D eigenvalue weighted by Gasteiger charge is 2.10. The van der Waals surface area contributed by atoms with Crippen LogP contribution in [0.15, 0.2) is 18.2 Å². The number of fused-ring (bicyclic) bond motifs is 1. The fourth-order valence-electron chi connectivity index (χ4n) is 2.20. The maximum atomic E-state index is 11.0. The van der Waals surface area contributed by atoms with Crippen LogP contribution in [-0.4, -0.2) is 19.0 Å². The minimum atomic E-state index is -0.0823. The van der Waals surface area contributed by atoms with E-state index >= 15 is 0 Å². The van der Waals surface area contributed by atoms with Crippen molar-refractivity contribution in [3.63, 3.8) is 0 Å². The molecule has 0 bridgehead atoms. The van der Waals surface area contributed by atoms with Crippen LogP contribution in [0.5, 0.6) is 0 Å². The molecule has 1 aromatic carbocycles. The molecule has 0 fully saturated rings. The highest BCUT2D eigenvalue weighted by atomic mass is 16.1. The number of aryl methyl sites for hydroxylation is 2. The van der Waals surface area contributed by atoms with E-state index in [1.807, 2.05) is 0 Å². The van der Waals surface area contributed by atoms with Crippen LogP contribution >= 0.6 is 0 Å². The first-order chi connectivity index (χ1) is 7.79. The Bertz CT molecular complexity index is 388. The summed E-state index contributed by atoms with van der Waals surface area (Å²) in [4.78, 5) is 11.0. The fourth-order valence-corrected chi connectivity index (χ4v) is 2.20. The monoisotopic (exact) mass is 218 g/mol. The summed E-state index contributed by atoms with van der Waals surface area (Å²) in [6, 6.07) is 6.66. The van der Waals surface area contributed by atoms with Gasteiger partial charge in [0.15, 0.2) is 0 Å². The van der Waals surface area contributed by atoms with Crippen molar-refractivity contribution in [3.8, 4) is 0 Å². The van der Waals surface area contributed by atoms with E-state index in [-0.39, 0.29) is 12.5 Å². The van der Waals surface area contributed by atoms with Crippen LogP contribution in [0.1, 0.15) is 23.1 Å². The second kappa shape index (κ2) is 5.12. The third kappa shape index (κ3) is 2.61. The van der Waals surface area contributed by atoms with Crippen LogP contribution < -0.4 is 11.1 Å². The van der Waals surface area contributed by atoms with E-state index in [9.17, 15) is 4.79 Å². The predicted molar refractivity (Wildman–Crippen MR) is 64.2 cm³/mol. The highest BCUT2D eigenvalue weighted by molar-refractivity contribution is 5.77. The first kappa shape index (κ1) is 11.1. The minimum absolute atomic E-state index is 0.0736. The third-order valence-electron chi connectivity index (χ3n) is 3.08. The van der Waals surface area contributed by atoms with Crippen LogP contribution in [0.4, 0.5) is 0 Å². The molecule has 0 heterocycles. The third-order valence-corrected chi connectivity index (χ3v) is 3.08. The Hall–Kier alpha value is -1.35. The quantitative estimate of drug-likeness (QED) is 0.785. The van der Waals surface area contributed by atoms with Gasteiger partial charge in [-0.3, -0.25) is 4.79 Å². The van der Waals surface area contributed by atoms with Gasteiger partial charge in [-0.15, -0.1) is 0 Å². The lowest BCUT2D eigenvalue weighted by atomic mass is 10.0. The van der Waals surface area contributed by atoms with Gasteiger partial charge in [0.25, 0.3) is 0 Å². The van der Waals surface area contributed by atoms with Gasteiger partial charge in [0.1, 0.15) is 0 Å². The van der Waals surface area contributed by atoms with Gasteiger partial charge in [-0.2, -0.15) is 0 Å². The van der Waals surface area contributed by atoms with E-state index in [1.165, 1.54) is 36.0 Å². The number of nitrogens with two attached hydrogens (primary N) is 1. The van der Waals surface area contributed by atoms with E-state index in [0.29, 0.717) is 6.54 Å². The number of hydrogen-bond acceptors (Lipinski definition) is 2. The molecule has 1 aliphatic carbocycles. The molecule has 16 heavy (non-hydrogen) atoms. The molecule has 0 saturated carbocycles. The molecule has 0 unspecified atom stereocenters. The second-order valence-electron chi connectivity index (χ2n) is 4.26. The average Bonchev–Trinajstić information content (AvgIpc) is 2.76. The normalized spacial score (nSPS) is 13.6. The molecule has 0 aliphatic heterocycles. The largest absolute Gasteiger partial charge is 0.355 e. The molecule has 0 aromatic heterocycles. The Morgan fingerprint density at radius 1 is 1.31 bits per heavy atom. The van der Waals surface area contributed by atoms with Gasteiger partial charge in [-0.05, 0) is 42.4 Å². The summed E-state index contributed by atoms with van der Waals surface area (Å²) in [6.45, 7) is 0.749. The number of benzene rings is 1. The minimum Gasteiger partial charge on any atom is -0.355 e. The summed E-state index contributed by atoms with van der Waals surface area (Å²) in [5.74, 6) is -0.0823. The molecule has 3 N–H and O–H groups in total. The summed E-state index contributed by atoms with van der Waals surface area (Å²) in [5.41, 5.74) is 9.50. The van der Waals surface area contributed by atoms with Gasteiger partial charge < -0.3 is 11.1 Å². The molecule has 1 amide bonds. The Labute approximate surface area is 96.0 Å². The van der Waals surface area contributed by atoms with Gasteiger partial charge in [0.05, 0.1) is 6.54 Å². The lowest BCUT2D eigenvalue weighted by molar-refractivity contribution is -0.119. The fraction of sp³-hybridized carbons (Fsp3) is 0.462. The zero-order chi connectivity index (χ0) is 11.4. The number of amides is 1. The summed E-state index contributed by atoms with van der Waals surface area (Å²) >= 11 is 0. The maximum absolute atomic E-state index is 11.0. The number of carbonyl (C=O) groups excluding carboxylic acids is 1. The first-order valence-corrected chi connectivity index (χ1v) is 5.87. The molecular formula is C13H18N2O.